The number of rotatable bonds is 5. The molecule has 1 radical (unpaired) electrons. The summed E-state index contributed by atoms with van der Waals surface area (Å²) >= 11 is 0. The van der Waals surface area contributed by atoms with E-state index < -0.39 is 10.9 Å². The molecule has 0 amide bonds. The van der Waals surface area contributed by atoms with Crippen molar-refractivity contribution in [3.63, 3.8) is 0 Å². The van der Waals surface area contributed by atoms with Gasteiger partial charge in [0.2, 0.25) is 0 Å². The molecule has 2 aliphatic carbocycles. The number of carbonyl (C=O) groups excluding carboxylic acids is 1. The standard InChI is InChI=1S/C27H39N2O2.H2NO2S.Y/c1-16-11-19(14-21(16)26(4,5)6)24(30)20-15-28-18(3)13-22(20)29(9)23-12-17(2)25(31-10)27(23,7)8;1-4(2)3;/h13-15,17,23,25H,2,11-12H2,1,3-10H3;(H2,1,2,3);/q2*-1;/t17?,23-,25-;;/m1../s1. The molecule has 7 nitrogen and oxygen atoms in total. The molecule has 3 atom stereocenters. The van der Waals surface area contributed by atoms with Crippen LogP contribution in [0.2, 0.25) is 0 Å². The zero-order chi connectivity index (χ0) is 26.9. The second-order valence-electron chi connectivity index (χ2n) is 11.3. The molecular weight excluding hydrogens is 551 g/mol. The maximum absolute atomic E-state index is 13.7. The summed E-state index contributed by atoms with van der Waals surface area (Å²) in [4.78, 5) is 20.4. The number of hydrogen-bond donors (Lipinski definition) is 1. The molecule has 1 aromatic heterocycles. The van der Waals surface area contributed by atoms with Gasteiger partial charge in [-0.3, -0.25) is 9.78 Å². The van der Waals surface area contributed by atoms with Crippen LogP contribution in [0.1, 0.15) is 70.4 Å². The van der Waals surface area contributed by atoms with Crippen LogP contribution in [0.25, 0.3) is 0 Å². The van der Waals surface area contributed by atoms with Crippen molar-refractivity contribution in [2.24, 2.45) is 21.9 Å². The third-order valence-electron chi connectivity index (χ3n) is 7.24. The van der Waals surface area contributed by atoms with E-state index in [0.717, 1.165) is 23.4 Å². The number of methoxy groups -OCH3 is 1. The number of Topliss-reactive ketones (excluding diaryl/α,β-unsaturated/α-hetero) is 1. The van der Waals surface area contributed by atoms with Crippen LogP contribution in [0.15, 0.2) is 35.1 Å². The Kier molecular flexibility index (Phi) is 11.7. The second-order valence-corrected chi connectivity index (χ2v) is 11.8. The molecule has 3 rings (SSSR count). The van der Waals surface area contributed by atoms with Crippen LogP contribution < -0.4 is 10.0 Å². The Morgan fingerprint density at radius 3 is 2.28 bits per heavy atom. The van der Waals surface area contributed by atoms with Crippen molar-refractivity contribution in [3.05, 3.63) is 53.2 Å². The second kappa shape index (κ2) is 12.7. The van der Waals surface area contributed by atoms with E-state index in [4.69, 9.17) is 13.2 Å². The van der Waals surface area contributed by atoms with E-state index in [1.807, 2.05) is 13.0 Å². The Labute approximate surface area is 244 Å². The quantitative estimate of drug-likeness (QED) is 0.289. The van der Waals surface area contributed by atoms with Gasteiger partial charge in [0.1, 0.15) is 0 Å². The van der Waals surface area contributed by atoms with Gasteiger partial charge in [0.25, 0.3) is 0 Å². The molecule has 1 saturated carbocycles. The number of ether oxygens (including phenoxy) is 1. The molecule has 0 aliphatic heterocycles. The fraction of sp³-hybridized carbons (Fsp3) is 0.593. The van der Waals surface area contributed by atoms with Gasteiger partial charge >= 0.3 is 0 Å². The maximum atomic E-state index is 13.7. The third kappa shape index (κ3) is 7.34. The number of anilines is 1. The van der Waals surface area contributed by atoms with Crippen molar-refractivity contribution in [2.75, 3.05) is 19.1 Å². The largest absolute Gasteiger partial charge is 0.409 e. The number of aromatic nitrogens is 1. The minimum Gasteiger partial charge on any atom is -0.409 e. The summed E-state index contributed by atoms with van der Waals surface area (Å²) in [5, 5.41) is 4.03. The predicted octanol–water partition coefficient (Wildman–Crippen LogP) is 5.13. The van der Waals surface area contributed by atoms with Crippen LogP contribution in [0.4, 0.5) is 5.69 Å². The van der Waals surface area contributed by atoms with Crippen LogP contribution in [-0.4, -0.2) is 37.1 Å². The molecule has 9 heteroatoms. The van der Waals surface area contributed by atoms with E-state index >= 15 is 0 Å². The molecule has 1 unspecified atom stereocenters. The van der Waals surface area contributed by atoms with Crippen LogP contribution in [0.5, 0.6) is 0 Å². The number of carbonyl (C=O) groups is 1. The van der Waals surface area contributed by atoms with Gasteiger partial charge < -0.3 is 30.1 Å². The molecule has 2 N–H and O–H groups in total. The van der Waals surface area contributed by atoms with E-state index in [0.29, 0.717) is 12.0 Å². The molecule has 0 aromatic carbocycles. The summed E-state index contributed by atoms with van der Waals surface area (Å²) in [5.74, 6) is 0.298. The van der Waals surface area contributed by atoms with Gasteiger partial charge in [0.15, 0.2) is 5.78 Å². The molecule has 1 heterocycles. The van der Waals surface area contributed by atoms with Crippen LogP contribution >= 0.6 is 0 Å². The monoisotopic (exact) mass is 592 g/mol. The van der Waals surface area contributed by atoms with Gasteiger partial charge in [-0.2, -0.15) is 0 Å². The number of aryl methyl sites for hydroxylation is 1. The van der Waals surface area contributed by atoms with E-state index in [1.165, 1.54) is 11.1 Å². The van der Waals surface area contributed by atoms with Gasteiger partial charge in [0.05, 0.1) is 11.3 Å². The Hall–Kier alpha value is -0.926. The van der Waals surface area contributed by atoms with Crippen molar-refractivity contribution in [1.82, 2.24) is 4.98 Å². The van der Waals surface area contributed by atoms with Crippen molar-refractivity contribution < 1.29 is 50.7 Å². The van der Waals surface area contributed by atoms with Crippen molar-refractivity contribution in [1.29, 1.82) is 0 Å². The molecule has 0 bridgehead atoms. The fourth-order valence-corrected chi connectivity index (χ4v) is 5.75. The Morgan fingerprint density at radius 1 is 1.28 bits per heavy atom. The molecular formula is C27H41N3O4SY-2. The molecule has 36 heavy (non-hydrogen) atoms. The third-order valence-corrected chi connectivity index (χ3v) is 7.24. The minimum absolute atomic E-state index is 0. The van der Waals surface area contributed by atoms with Crippen molar-refractivity contribution in [3.8, 4) is 0 Å². The summed E-state index contributed by atoms with van der Waals surface area (Å²) < 4.78 is 23.4. The van der Waals surface area contributed by atoms with Gasteiger partial charge in [-0.25, -0.2) is 0 Å². The number of pyridine rings is 1. The number of ketones is 1. The van der Waals surface area contributed by atoms with Gasteiger partial charge in [-0.1, -0.05) is 52.7 Å². The maximum Gasteiger partial charge on any atom is 0.192 e. The molecule has 199 valence electrons. The van der Waals surface area contributed by atoms with Crippen LogP contribution in [-0.2, 0) is 56.8 Å². The van der Waals surface area contributed by atoms with Crippen LogP contribution in [0.3, 0.4) is 0 Å². The summed E-state index contributed by atoms with van der Waals surface area (Å²) in [7, 11) is 1.50. The van der Waals surface area contributed by atoms with Gasteiger partial charge in [-0.05, 0) is 48.2 Å². The Bertz CT molecular complexity index is 1090. The number of allylic oxidation sites excluding steroid dienone is 4. The first-order valence-electron chi connectivity index (χ1n) is 11.9. The summed E-state index contributed by atoms with van der Waals surface area (Å²) in [6.07, 6.45) is 5.58. The summed E-state index contributed by atoms with van der Waals surface area (Å²) in [5.41, 5.74) is 5.89. The van der Waals surface area contributed by atoms with E-state index in [1.54, 1.807) is 13.3 Å². The minimum atomic E-state index is -2.36. The van der Waals surface area contributed by atoms with Gasteiger partial charge in [0, 0.05) is 81.9 Å². The average Bonchev–Trinajstić information content (AvgIpc) is 3.22. The van der Waals surface area contributed by atoms with Crippen LogP contribution in [0, 0.1) is 30.6 Å². The number of nitrogens with zero attached hydrogens (tertiary/aromatic N) is 2. The molecule has 0 saturated heterocycles. The first-order chi connectivity index (χ1) is 16.0. The molecule has 1 fully saturated rings. The Morgan fingerprint density at radius 2 is 1.83 bits per heavy atom. The molecule has 0 spiro atoms. The zero-order valence-electron chi connectivity index (χ0n) is 23.2. The van der Waals surface area contributed by atoms with Crippen molar-refractivity contribution in [2.45, 2.75) is 73.5 Å². The normalized spacial score (nSPS) is 23.1. The molecule has 2 aliphatic rings. The van der Waals surface area contributed by atoms with Crippen molar-refractivity contribution >= 4 is 22.4 Å². The first kappa shape index (κ1) is 33.1. The summed E-state index contributed by atoms with van der Waals surface area (Å²) in [6.45, 7) is 19.5. The SMILES string of the molecule is N[S-](=O)=O.[CH2-]C1C[C@@H](N(C)c2cc(C)ncc2C(=O)C2=CC(C(C)(C)C)=C(C)C2)C(C)(C)[C@@H]1OC.[Y]. The van der Waals surface area contributed by atoms with E-state index in [9.17, 15) is 4.79 Å². The summed E-state index contributed by atoms with van der Waals surface area (Å²) in [6, 6.07) is 2.26. The number of nitrogens with two attached hydrogens (primary N) is 1. The van der Waals surface area contributed by atoms with Gasteiger partial charge in [-0.15, -0.1) is 5.92 Å². The smallest absolute Gasteiger partial charge is 0.192 e. The van der Waals surface area contributed by atoms with E-state index in [-0.39, 0.29) is 67.4 Å². The molecule has 1 aromatic rings. The zero-order valence-corrected chi connectivity index (χ0v) is 26.8. The fourth-order valence-electron chi connectivity index (χ4n) is 5.75. The topological polar surface area (TPSA) is 103 Å². The first-order valence-corrected chi connectivity index (χ1v) is 13.0. The average molecular weight is 593 g/mol. The van der Waals surface area contributed by atoms with E-state index in [2.05, 4.69) is 76.6 Å². The number of hydrogen-bond acceptors (Lipinski definition) is 7. The predicted molar refractivity (Wildman–Crippen MR) is 141 cm³/mol. The Balaban J connectivity index is 0.00000120.